The van der Waals surface area contributed by atoms with Gasteiger partial charge in [0.05, 0.1) is 40.0 Å². The van der Waals surface area contributed by atoms with E-state index in [9.17, 15) is 14.9 Å². The number of anilines is 1. The van der Waals surface area contributed by atoms with E-state index in [1.54, 1.807) is 45.9 Å². The molecule has 2 aromatic carbocycles. The molecule has 1 fully saturated rings. The number of amides is 2. The van der Waals surface area contributed by atoms with Gasteiger partial charge in [-0.2, -0.15) is 5.26 Å². The molecular formula is C21H17Cl2N5O3. The highest BCUT2D eigenvalue weighted by molar-refractivity contribution is 6.40. The van der Waals surface area contributed by atoms with Crippen molar-refractivity contribution in [2.45, 2.75) is 6.54 Å². The van der Waals surface area contributed by atoms with Crippen molar-refractivity contribution in [3.8, 4) is 6.07 Å². The van der Waals surface area contributed by atoms with Crippen molar-refractivity contribution in [3.05, 3.63) is 57.8 Å². The Hall–Kier alpha value is -3.12. The number of nitrogens with one attached hydrogen (secondary N) is 1. The minimum atomic E-state index is -0.499. The quantitative estimate of drug-likeness (QED) is 0.647. The van der Waals surface area contributed by atoms with Crippen LogP contribution in [0.15, 0.2) is 36.4 Å². The van der Waals surface area contributed by atoms with Gasteiger partial charge in [-0.1, -0.05) is 35.3 Å². The molecule has 0 saturated carbocycles. The molecule has 0 aliphatic carbocycles. The van der Waals surface area contributed by atoms with Crippen LogP contribution in [0, 0.1) is 11.3 Å². The Morgan fingerprint density at radius 1 is 1.13 bits per heavy atom. The molecule has 4 rings (SSSR count). The van der Waals surface area contributed by atoms with Gasteiger partial charge in [-0.25, -0.2) is 4.98 Å². The van der Waals surface area contributed by atoms with Crippen molar-refractivity contribution in [1.29, 1.82) is 5.26 Å². The maximum absolute atomic E-state index is 12.8. The predicted molar refractivity (Wildman–Crippen MR) is 116 cm³/mol. The van der Waals surface area contributed by atoms with Gasteiger partial charge in [-0.15, -0.1) is 0 Å². The van der Waals surface area contributed by atoms with Crippen molar-refractivity contribution >= 4 is 51.7 Å². The standard InChI is InChI=1S/C21H17Cl2N5O3/c22-13-3-1-4-14(23)19(13)21(30)25-15-5-2-6-16-20(15)26-17(11-24)28(16)12-18(29)27-7-9-31-10-8-27/h1-6H,7-10,12H2,(H,25,30). The second kappa shape index (κ2) is 8.94. The van der Waals surface area contributed by atoms with E-state index >= 15 is 0 Å². The van der Waals surface area contributed by atoms with Gasteiger partial charge in [0, 0.05) is 13.1 Å². The number of benzene rings is 2. The number of nitriles is 1. The Bertz CT molecular complexity index is 1190. The average Bonchev–Trinajstić information content (AvgIpc) is 3.13. The van der Waals surface area contributed by atoms with Gasteiger partial charge in [0.25, 0.3) is 5.91 Å². The van der Waals surface area contributed by atoms with Crippen LogP contribution in [-0.4, -0.2) is 52.6 Å². The van der Waals surface area contributed by atoms with Crippen LogP contribution in [0.5, 0.6) is 0 Å². The Labute approximate surface area is 187 Å². The number of fused-ring (bicyclic) bond motifs is 1. The van der Waals surface area contributed by atoms with E-state index in [0.717, 1.165) is 0 Å². The normalized spacial score (nSPS) is 13.8. The van der Waals surface area contributed by atoms with Crippen molar-refractivity contribution in [1.82, 2.24) is 14.5 Å². The molecule has 2 heterocycles. The second-order valence-electron chi connectivity index (χ2n) is 6.85. The molecule has 31 heavy (non-hydrogen) atoms. The number of para-hydroxylation sites is 1. The van der Waals surface area contributed by atoms with Crippen LogP contribution in [0.4, 0.5) is 5.69 Å². The molecule has 1 N–H and O–H groups in total. The van der Waals surface area contributed by atoms with Crippen molar-refractivity contribution in [2.75, 3.05) is 31.6 Å². The molecule has 0 atom stereocenters. The number of carbonyl (C=O) groups excluding carboxylic acids is 2. The number of imidazole rings is 1. The number of halogens is 2. The highest BCUT2D eigenvalue weighted by Gasteiger charge is 2.22. The Kier molecular flexibility index (Phi) is 6.09. The van der Waals surface area contributed by atoms with E-state index in [0.29, 0.717) is 43.0 Å². The summed E-state index contributed by atoms with van der Waals surface area (Å²) in [7, 11) is 0. The van der Waals surface area contributed by atoms with Crippen LogP contribution in [0.2, 0.25) is 10.0 Å². The number of carbonyl (C=O) groups is 2. The highest BCUT2D eigenvalue weighted by atomic mass is 35.5. The summed E-state index contributed by atoms with van der Waals surface area (Å²) in [6.07, 6.45) is 0. The molecule has 3 aromatic rings. The molecule has 0 unspecified atom stereocenters. The molecule has 2 amide bonds. The van der Waals surface area contributed by atoms with Gasteiger partial charge in [0.1, 0.15) is 18.1 Å². The molecule has 1 aromatic heterocycles. The maximum Gasteiger partial charge on any atom is 0.258 e. The molecule has 8 nitrogen and oxygen atoms in total. The van der Waals surface area contributed by atoms with Gasteiger partial charge >= 0.3 is 0 Å². The molecule has 0 spiro atoms. The summed E-state index contributed by atoms with van der Waals surface area (Å²) >= 11 is 12.3. The fraction of sp³-hybridized carbons (Fsp3) is 0.238. The average molecular weight is 458 g/mol. The molecule has 0 bridgehead atoms. The topological polar surface area (TPSA) is 100 Å². The monoisotopic (exact) mass is 457 g/mol. The summed E-state index contributed by atoms with van der Waals surface area (Å²) in [6, 6.07) is 11.9. The second-order valence-corrected chi connectivity index (χ2v) is 7.67. The number of hydrogen-bond donors (Lipinski definition) is 1. The van der Waals surface area contributed by atoms with Crippen LogP contribution >= 0.6 is 23.2 Å². The predicted octanol–water partition coefficient (Wildman–Crippen LogP) is 3.33. The molecule has 10 heteroatoms. The molecule has 1 saturated heterocycles. The van der Waals surface area contributed by atoms with Gasteiger partial charge < -0.3 is 19.5 Å². The number of rotatable bonds is 4. The minimum Gasteiger partial charge on any atom is -0.378 e. The lowest BCUT2D eigenvalue weighted by Gasteiger charge is -2.27. The van der Waals surface area contributed by atoms with E-state index in [-0.39, 0.29) is 33.9 Å². The summed E-state index contributed by atoms with van der Waals surface area (Å²) in [5.41, 5.74) is 1.48. The first-order valence-electron chi connectivity index (χ1n) is 9.50. The molecule has 158 valence electrons. The molecular weight excluding hydrogens is 441 g/mol. The SMILES string of the molecule is N#Cc1nc2c(NC(=O)c3c(Cl)cccc3Cl)cccc2n1CC(=O)N1CCOCC1. The smallest absolute Gasteiger partial charge is 0.258 e. The largest absolute Gasteiger partial charge is 0.378 e. The van der Waals surface area contributed by atoms with Crippen LogP contribution in [0.1, 0.15) is 16.2 Å². The summed E-state index contributed by atoms with van der Waals surface area (Å²) in [6.45, 7) is 1.96. The van der Waals surface area contributed by atoms with Crippen LogP contribution in [0.3, 0.4) is 0 Å². The van der Waals surface area contributed by atoms with Gasteiger partial charge in [0.15, 0.2) is 0 Å². The zero-order chi connectivity index (χ0) is 22.0. The third kappa shape index (κ3) is 4.21. The van der Waals surface area contributed by atoms with E-state index in [2.05, 4.69) is 10.3 Å². The van der Waals surface area contributed by atoms with E-state index in [1.165, 1.54) is 0 Å². The lowest BCUT2D eigenvalue weighted by Crippen LogP contribution is -2.42. The summed E-state index contributed by atoms with van der Waals surface area (Å²) < 4.78 is 6.83. The summed E-state index contributed by atoms with van der Waals surface area (Å²) in [5.74, 6) is -0.550. The third-order valence-corrected chi connectivity index (χ3v) is 5.60. The van der Waals surface area contributed by atoms with E-state index in [1.807, 2.05) is 6.07 Å². The molecule has 1 aliphatic rings. The number of ether oxygens (including phenoxy) is 1. The summed E-state index contributed by atoms with van der Waals surface area (Å²) in [4.78, 5) is 31.5. The van der Waals surface area contributed by atoms with E-state index < -0.39 is 5.91 Å². The van der Waals surface area contributed by atoms with Crippen LogP contribution < -0.4 is 5.32 Å². The maximum atomic E-state index is 12.8. The zero-order valence-electron chi connectivity index (χ0n) is 16.3. The number of morpholine rings is 1. The van der Waals surface area contributed by atoms with Crippen molar-refractivity contribution < 1.29 is 14.3 Å². The number of aromatic nitrogens is 2. The summed E-state index contributed by atoms with van der Waals surface area (Å²) in [5, 5.41) is 12.8. The first-order valence-corrected chi connectivity index (χ1v) is 10.3. The first-order chi connectivity index (χ1) is 15.0. The lowest BCUT2D eigenvalue weighted by molar-refractivity contribution is -0.135. The van der Waals surface area contributed by atoms with Crippen molar-refractivity contribution in [2.24, 2.45) is 0 Å². The van der Waals surface area contributed by atoms with Crippen LogP contribution in [-0.2, 0) is 16.1 Å². The lowest BCUT2D eigenvalue weighted by atomic mass is 10.2. The van der Waals surface area contributed by atoms with Gasteiger partial charge in [0.2, 0.25) is 11.7 Å². The Morgan fingerprint density at radius 2 is 1.81 bits per heavy atom. The number of hydrogen-bond acceptors (Lipinski definition) is 5. The third-order valence-electron chi connectivity index (χ3n) is 4.97. The Morgan fingerprint density at radius 3 is 2.48 bits per heavy atom. The van der Waals surface area contributed by atoms with Gasteiger partial charge in [-0.3, -0.25) is 9.59 Å². The van der Waals surface area contributed by atoms with Crippen molar-refractivity contribution in [3.63, 3.8) is 0 Å². The highest BCUT2D eigenvalue weighted by Crippen LogP contribution is 2.28. The fourth-order valence-electron chi connectivity index (χ4n) is 3.44. The number of nitrogens with zero attached hydrogens (tertiary/aromatic N) is 4. The van der Waals surface area contributed by atoms with Gasteiger partial charge in [-0.05, 0) is 24.3 Å². The minimum absolute atomic E-state index is 0.0346. The van der Waals surface area contributed by atoms with Crippen LogP contribution in [0.25, 0.3) is 11.0 Å². The van der Waals surface area contributed by atoms with E-state index in [4.69, 9.17) is 27.9 Å². The fourth-order valence-corrected chi connectivity index (χ4v) is 4.01. The zero-order valence-corrected chi connectivity index (χ0v) is 17.8. The first kappa shape index (κ1) is 21.1. The molecule has 1 aliphatic heterocycles. The Balaban J connectivity index is 1.67. The molecule has 0 radical (unpaired) electrons.